The number of carbonyl (C=O) groups is 1. The lowest BCUT2D eigenvalue weighted by Crippen LogP contribution is -2.46. The fourth-order valence-electron chi connectivity index (χ4n) is 3.44. The molecule has 0 atom stereocenters. The van der Waals surface area contributed by atoms with Gasteiger partial charge >= 0.3 is 0 Å². The molecule has 20 heavy (non-hydrogen) atoms. The zero-order valence-corrected chi connectivity index (χ0v) is 13.2. The first kappa shape index (κ1) is 15.8. The molecule has 1 heterocycles. The molecule has 0 aromatic carbocycles. The number of hydrogen-bond acceptors (Lipinski definition) is 3. The molecule has 0 radical (unpaired) electrons. The molecule has 0 bridgehead atoms. The summed E-state index contributed by atoms with van der Waals surface area (Å²) < 4.78 is 0. The van der Waals surface area contributed by atoms with Gasteiger partial charge in [-0.1, -0.05) is 19.8 Å². The van der Waals surface area contributed by atoms with Crippen molar-refractivity contribution in [2.45, 2.75) is 51.5 Å². The minimum atomic E-state index is 0.132. The van der Waals surface area contributed by atoms with Crippen LogP contribution in [0.5, 0.6) is 0 Å². The summed E-state index contributed by atoms with van der Waals surface area (Å²) in [6, 6.07) is 0.662. The maximum absolute atomic E-state index is 11.4. The highest BCUT2D eigenvalue weighted by molar-refractivity contribution is 5.77. The van der Waals surface area contributed by atoms with Crippen LogP contribution in [-0.4, -0.2) is 50.1 Å². The molecule has 0 aromatic rings. The van der Waals surface area contributed by atoms with Crippen LogP contribution in [0.3, 0.4) is 0 Å². The van der Waals surface area contributed by atoms with E-state index in [0.29, 0.717) is 12.6 Å². The minimum absolute atomic E-state index is 0.132. The topological polar surface area (TPSA) is 44.4 Å². The third kappa shape index (κ3) is 5.06. The first-order valence-electron chi connectivity index (χ1n) is 8.33. The second-order valence-electron chi connectivity index (χ2n) is 6.76. The number of piperidine rings is 1. The van der Waals surface area contributed by atoms with Crippen LogP contribution in [0.25, 0.3) is 0 Å². The van der Waals surface area contributed by atoms with Crippen molar-refractivity contribution >= 4 is 5.91 Å². The summed E-state index contributed by atoms with van der Waals surface area (Å²) in [6.07, 6.45) is 8.00. The van der Waals surface area contributed by atoms with E-state index in [1.807, 2.05) is 0 Å². The number of likely N-dealkylation sites (tertiary alicyclic amines) is 1. The van der Waals surface area contributed by atoms with Gasteiger partial charge < -0.3 is 10.6 Å². The number of carbonyl (C=O) groups excluding carboxylic acids is 1. The number of nitrogens with zero attached hydrogens (tertiary/aromatic N) is 1. The van der Waals surface area contributed by atoms with Crippen LogP contribution < -0.4 is 10.6 Å². The van der Waals surface area contributed by atoms with E-state index in [1.54, 1.807) is 7.05 Å². The zero-order chi connectivity index (χ0) is 14.4. The lowest BCUT2D eigenvalue weighted by atomic mass is 9.83. The Morgan fingerprint density at radius 2 is 1.75 bits per heavy atom. The number of likely N-dealkylation sites (N-methyl/N-ethyl adjacent to an activating group) is 1. The van der Waals surface area contributed by atoms with Crippen LogP contribution in [0.4, 0.5) is 0 Å². The number of hydrogen-bond donors (Lipinski definition) is 2. The quantitative estimate of drug-likeness (QED) is 0.805. The Bertz CT molecular complexity index is 292. The van der Waals surface area contributed by atoms with Crippen LogP contribution in [0, 0.1) is 11.8 Å². The van der Waals surface area contributed by atoms with Gasteiger partial charge in [-0.25, -0.2) is 0 Å². The first-order chi connectivity index (χ1) is 9.67. The number of nitrogens with one attached hydrogen (secondary N) is 2. The SMILES string of the molecule is CNC(=O)CN1CCC(NCC2CCC(C)CC2)CC1. The molecule has 116 valence electrons. The van der Waals surface area contributed by atoms with E-state index in [0.717, 1.165) is 24.9 Å². The molecule has 0 aromatic heterocycles. The van der Waals surface area contributed by atoms with Crippen LogP contribution >= 0.6 is 0 Å². The summed E-state index contributed by atoms with van der Waals surface area (Å²) in [5.74, 6) is 1.97. The van der Waals surface area contributed by atoms with Gasteiger partial charge in [-0.3, -0.25) is 9.69 Å². The Kier molecular flexibility index (Phi) is 6.30. The Labute approximate surface area is 123 Å². The smallest absolute Gasteiger partial charge is 0.233 e. The van der Waals surface area contributed by atoms with Crippen molar-refractivity contribution in [3.63, 3.8) is 0 Å². The van der Waals surface area contributed by atoms with E-state index >= 15 is 0 Å². The minimum Gasteiger partial charge on any atom is -0.358 e. The van der Waals surface area contributed by atoms with Crippen LogP contribution in [0.2, 0.25) is 0 Å². The van der Waals surface area contributed by atoms with Crippen molar-refractivity contribution in [1.29, 1.82) is 0 Å². The molecule has 1 aliphatic heterocycles. The zero-order valence-electron chi connectivity index (χ0n) is 13.2. The summed E-state index contributed by atoms with van der Waals surface area (Å²) in [7, 11) is 1.71. The molecule has 1 saturated carbocycles. The van der Waals surface area contributed by atoms with Crippen molar-refractivity contribution in [1.82, 2.24) is 15.5 Å². The van der Waals surface area contributed by atoms with Gasteiger partial charge in [-0.05, 0) is 44.1 Å². The van der Waals surface area contributed by atoms with Crippen molar-refractivity contribution < 1.29 is 4.79 Å². The highest BCUT2D eigenvalue weighted by Gasteiger charge is 2.22. The lowest BCUT2D eigenvalue weighted by molar-refractivity contribution is -0.122. The molecule has 4 heteroatoms. The van der Waals surface area contributed by atoms with E-state index in [1.165, 1.54) is 45.1 Å². The van der Waals surface area contributed by atoms with Crippen LogP contribution in [-0.2, 0) is 4.79 Å². The molecule has 2 N–H and O–H groups in total. The third-order valence-electron chi connectivity index (χ3n) is 5.06. The van der Waals surface area contributed by atoms with Gasteiger partial charge in [0, 0.05) is 26.2 Å². The lowest BCUT2D eigenvalue weighted by Gasteiger charge is -2.33. The average Bonchev–Trinajstić information content (AvgIpc) is 2.48. The molecular weight excluding hydrogens is 250 g/mol. The fraction of sp³-hybridized carbons (Fsp3) is 0.938. The molecule has 4 nitrogen and oxygen atoms in total. The maximum atomic E-state index is 11.4. The van der Waals surface area contributed by atoms with E-state index in [4.69, 9.17) is 0 Å². The van der Waals surface area contributed by atoms with Gasteiger partial charge in [-0.15, -0.1) is 0 Å². The number of amides is 1. The van der Waals surface area contributed by atoms with Crippen molar-refractivity contribution in [2.24, 2.45) is 11.8 Å². The highest BCUT2D eigenvalue weighted by Crippen LogP contribution is 2.27. The Morgan fingerprint density at radius 3 is 2.35 bits per heavy atom. The monoisotopic (exact) mass is 281 g/mol. The Hall–Kier alpha value is -0.610. The summed E-state index contributed by atoms with van der Waals surface area (Å²) >= 11 is 0. The highest BCUT2D eigenvalue weighted by atomic mass is 16.1. The van der Waals surface area contributed by atoms with Crippen molar-refractivity contribution in [3.05, 3.63) is 0 Å². The van der Waals surface area contributed by atoms with Gasteiger partial charge in [0.1, 0.15) is 0 Å². The summed E-state index contributed by atoms with van der Waals surface area (Å²) in [5.41, 5.74) is 0. The number of rotatable bonds is 5. The Morgan fingerprint density at radius 1 is 1.10 bits per heavy atom. The predicted molar refractivity (Wildman–Crippen MR) is 82.7 cm³/mol. The molecule has 1 aliphatic carbocycles. The van der Waals surface area contributed by atoms with Crippen LogP contribution in [0.15, 0.2) is 0 Å². The molecular formula is C16H31N3O. The average molecular weight is 281 g/mol. The van der Waals surface area contributed by atoms with E-state index in [-0.39, 0.29) is 5.91 Å². The molecule has 2 rings (SSSR count). The fourth-order valence-corrected chi connectivity index (χ4v) is 3.44. The molecule has 2 fully saturated rings. The summed E-state index contributed by atoms with van der Waals surface area (Å²) in [6.45, 7) is 6.24. The van der Waals surface area contributed by atoms with Gasteiger partial charge in [-0.2, -0.15) is 0 Å². The molecule has 0 unspecified atom stereocenters. The van der Waals surface area contributed by atoms with Gasteiger partial charge in [0.15, 0.2) is 0 Å². The molecule has 1 saturated heterocycles. The molecule has 1 amide bonds. The van der Waals surface area contributed by atoms with Crippen LogP contribution in [0.1, 0.15) is 45.4 Å². The maximum Gasteiger partial charge on any atom is 0.233 e. The van der Waals surface area contributed by atoms with E-state index in [9.17, 15) is 4.79 Å². The normalized spacial score (nSPS) is 29.3. The van der Waals surface area contributed by atoms with Gasteiger partial charge in [0.2, 0.25) is 5.91 Å². The van der Waals surface area contributed by atoms with Crippen molar-refractivity contribution in [2.75, 3.05) is 33.2 Å². The predicted octanol–water partition coefficient (Wildman–Crippen LogP) is 1.61. The summed E-state index contributed by atoms with van der Waals surface area (Å²) in [4.78, 5) is 13.6. The Balaban J connectivity index is 1.59. The van der Waals surface area contributed by atoms with Gasteiger partial charge in [0.05, 0.1) is 6.54 Å². The molecule has 0 spiro atoms. The summed E-state index contributed by atoms with van der Waals surface area (Å²) in [5, 5.41) is 6.47. The van der Waals surface area contributed by atoms with E-state index in [2.05, 4.69) is 22.5 Å². The largest absolute Gasteiger partial charge is 0.358 e. The van der Waals surface area contributed by atoms with E-state index < -0.39 is 0 Å². The van der Waals surface area contributed by atoms with Gasteiger partial charge in [0.25, 0.3) is 0 Å². The third-order valence-corrected chi connectivity index (χ3v) is 5.06. The second-order valence-corrected chi connectivity index (χ2v) is 6.76. The second kappa shape index (κ2) is 7.99. The molecule has 2 aliphatic rings. The first-order valence-corrected chi connectivity index (χ1v) is 8.33. The van der Waals surface area contributed by atoms with Crippen molar-refractivity contribution in [3.8, 4) is 0 Å². The standard InChI is InChI=1S/C16H31N3O/c1-13-3-5-14(6-4-13)11-18-15-7-9-19(10-8-15)12-16(20)17-2/h13-15,18H,3-12H2,1-2H3,(H,17,20).